The van der Waals surface area contributed by atoms with Gasteiger partial charge in [-0.15, -0.1) is 0 Å². The molecule has 2 N–H and O–H groups in total. The molecule has 0 spiro atoms. The molecule has 1 aliphatic rings. The number of alkyl halides is 3. The number of hydrazine groups is 1. The fraction of sp³-hybridized carbons (Fsp3) is 0.300. The Hall–Kier alpha value is -2.58. The maximum atomic E-state index is 13.9. The molecule has 1 fully saturated rings. The van der Waals surface area contributed by atoms with Crippen LogP contribution < -0.4 is 10.9 Å². The maximum Gasteiger partial charge on any atom is 0.404 e. The average molecular weight is 426 g/mol. The molecule has 154 valence electrons. The van der Waals surface area contributed by atoms with E-state index in [1.807, 2.05) is 23.6 Å². The predicted molar refractivity (Wildman–Crippen MR) is 102 cm³/mol. The van der Waals surface area contributed by atoms with Crippen LogP contribution in [0, 0.1) is 5.41 Å². The van der Waals surface area contributed by atoms with Gasteiger partial charge in [-0.25, -0.2) is 0 Å². The Kier molecular flexibility index (Phi) is 6.14. The molecule has 1 aliphatic heterocycles. The highest BCUT2D eigenvalue weighted by Gasteiger charge is 2.63. The van der Waals surface area contributed by atoms with Crippen molar-refractivity contribution in [3.8, 4) is 0 Å². The van der Waals surface area contributed by atoms with Crippen LogP contribution >= 0.6 is 11.6 Å². The SMILES string of the molecule is O=C(NNC(=O)C1(C(F)(F)F)CCN(Cc2ccccc2)C1)c1ccc(Cl)cc1. The van der Waals surface area contributed by atoms with Crippen LogP contribution in [0.4, 0.5) is 13.2 Å². The van der Waals surface area contributed by atoms with E-state index in [2.05, 4.69) is 5.43 Å². The zero-order valence-corrected chi connectivity index (χ0v) is 16.1. The second kappa shape index (κ2) is 8.42. The second-order valence-electron chi connectivity index (χ2n) is 6.94. The molecule has 0 radical (unpaired) electrons. The smallest absolute Gasteiger partial charge is 0.298 e. The summed E-state index contributed by atoms with van der Waals surface area (Å²) in [6, 6.07) is 14.8. The van der Waals surface area contributed by atoms with Crippen LogP contribution in [0.25, 0.3) is 0 Å². The number of nitrogens with one attached hydrogen (secondary N) is 2. The number of amides is 2. The normalized spacial score (nSPS) is 19.7. The zero-order chi connectivity index (χ0) is 21.1. The maximum absolute atomic E-state index is 13.9. The monoisotopic (exact) mass is 425 g/mol. The van der Waals surface area contributed by atoms with Gasteiger partial charge in [0.2, 0.25) is 0 Å². The first-order valence-corrected chi connectivity index (χ1v) is 9.28. The molecule has 1 atom stereocenters. The number of hydrogen-bond donors (Lipinski definition) is 2. The van der Waals surface area contributed by atoms with Crippen LogP contribution in [0.5, 0.6) is 0 Å². The fourth-order valence-electron chi connectivity index (χ4n) is 3.32. The van der Waals surface area contributed by atoms with Gasteiger partial charge in [-0.1, -0.05) is 41.9 Å². The van der Waals surface area contributed by atoms with Crippen molar-refractivity contribution in [3.63, 3.8) is 0 Å². The standard InChI is InChI=1S/C20H19ClF3N3O2/c21-16-8-6-15(7-9-16)17(28)25-26-18(29)19(20(22,23)24)10-11-27(13-19)12-14-4-2-1-3-5-14/h1-9H,10-13H2,(H,25,28)(H,26,29). The van der Waals surface area contributed by atoms with E-state index in [4.69, 9.17) is 11.6 Å². The molecule has 0 bridgehead atoms. The number of halogens is 4. The summed E-state index contributed by atoms with van der Waals surface area (Å²) in [7, 11) is 0. The van der Waals surface area contributed by atoms with Crippen LogP contribution in [0.2, 0.25) is 5.02 Å². The molecule has 5 nitrogen and oxygen atoms in total. The minimum atomic E-state index is -4.76. The summed E-state index contributed by atoms with van der Waals surface area (Å²) >= 11 is 5.74. The highest BCUT2D eigenvalue weighted by atomic mass is 35.5. The Morgan fingerprint density at radius 2 is 1.69 bits per heavy atom. The molecular formula is C20H19ClF3N3O2. The topological polar surface area (TPSA) is 61.4 Å². The van der Waals surface area contributed by atoms with Gasteiger partial charge in [-0.3, -0.25) is 25.3 Å². The van der Waals surface area contributed by atoms with Crippen LogP contribution in [-0.2, 0) is 11.3 Å². The molecule has 2 amide bonds. The Labute approximate surface area is 170 Å². The summed E-state index contributed by atoms with van der Waals surface area (Å²) in [4.78, 5) is 26.2. The van der Waals surface area contributed by atoms with Crippen molar-refractivity contribution in [3.05, 3.63) is 70.7 Å². The average Bonchev–Trinajstić information content (AvgIpc) is 3.12. The number of nitrogens with zero attached hydrogens (tertiary/aromatic N) is 1. The quantitative estimate of drug-likeness (QED) is 0.736. The molecule has 1 heterocycles. The molecule has 3 rings (SSSR count). The molecular weight excluding hydrogens is 407 g/mol. The summed E-state index contributed by atoms with van der Waals surface area (Å²) in [6.45, 7) is -0.0515. The Balaban J connectivity index is 1.67. The third-order valence-corrected chi connectivity index (χ3v) is 5.22. The van der Waals surface area contributed by atoms with E-state index in [9.17, 15) is 22.8 Å². The summed E-state index contributed by atoms with van der Waals surface area (Å²) < 4.78 is 41.6. The summed E-state index contributed by atoms with van der Waals surface area (Å²) in [5.41, 5.74) is 2.44. The summed E-state index contributed by atoms with van der Waals surface area (Å²) in [6.07, 6.45) is -5.14. The van der Waals surface area contributed by atoms with E-state index >= 15 is 0 Å². The van der Waals surface area contributed by atoms with Crippen LogP contribution in [0.3, 0.4) is 0 Å². The molecule has 0 aliphatic carbocycles. The van der Waals surface area contributed by atoms with Gasteiger partial charge in [0.25, 0.3) is 11.8 Å². The second-order valence-corrected chi connectivity index (χ2v) is 7.38. The molecule has 1 saturated heterocycles. The summed E-state index contributed by atoms with van der Waals surface area (Å²) in [5.74, 6) is -2.01. The number of likely N-dealkylation sites (tertiary alicyclic amines) is 1. The van der Waals surface area contributed by atoms with E-state index in [0.29, 0.717) is 11.6 Å². The van der Waals surface area contributed by atoms with Gasteiger partial charge in [0.05, 0.1) is 0 Å². The number of benzene rings is 2. The van der Waals surface area contributed by atoms with Crippen LogP contribution in [0.1, 0.15) is 22.3 Å². The van der Waals surface area contributed by atoms with Crippen molar-refractivity contribution in [1.29, 1.82) is 0 Å². The Morgan fingerprint density at radius 3 is 2.31 bits per heavy atom. The van der Waals surface area contributed by atoms with Gasteiger partial charge < -0.3 is 0 Å². The molecule has 2 aromatic rings. The van der Waals surface area contributed by atoms with Crippen molar-refractivity contribution in [1.82, 2.24) is 15.8 Å². The molecule has 29 heavy (non-hydrogen) atoms. The number of carbonyl (C=O) groups is 2. The molecule has 2 aromatic carbocycles. The number of hydrogen-bond acceptors (Lipinski definition) is 3. The molecule has 0 aromatic heterocycles. The largest absolute Gasteiger partial charge is 0.404 e. The molecule has 9 heteroatoms. The fourth-order valence-corrected chi connectivity index (χ4v) is 3.44. The van der Waals surface area contributed by atoms with E-state index in [0.717, 1.165) is 5.56 Å². The lowest BCUT2D eigenvalue weighted by atomic mass is 9.85. The Bertz CT molecular complexity index is 875. The van der Waals surface area contributed by atoms with Crippen molar-refractivity contribution in [2.24, 2.45) is 5.41 Å². The molecule has 0 saturated carbocycles. The van der Waals surface area contributed by atoms with Crippen LogP contribution in [-0.4, -0.2) is 36.0 Å². The van der Waals surface area contributed by atoms with E-state index in [1.54, 1.807) is 17.0 Å². The van der Waals surface area contributed by atoms with Gasteiger partial charge >= 0.3 is 6.18 Å². The van der Waals surface area contributed by atoms with E-state index < -0.39 is 30.0 Å². The van der Waals surface area contributed by atoms with Crippen LogP contribution in [0.15, 0.2) is 54.6 Å². The van der Waals surface area contributed by atoms with Crippen molar-refractivity contribution in [2.45, 2.75) is 19.1 Å². The first-order valence-electron chi connectivity index (χ1n) is 8.91. The third kappa shape index (κ3) is 4.71. The number of carbonyl (C=O) groups excluding carboxylic acids is 2. The lowest BCUT2D eigenvalue weighted by molar-refractivity contribution is -0.218. The van der Waals surface area contributed by atoms with Gasteiger partial charge in [-0.05, 0) is 42.8 Å². The highest BCUT2D eigenvalue weighted by molar-refractivity contribution is 6.30. The lowest BCUT2D eigenvalue weighted by Crippen LogP contribution is -2.56. The van der Waals surface area contributed by atoms with E-state index in [1.165, 1.54) is 24.3 Å². The Morgan fingerprint density at radius 1 is 1.03 bits per heavy atom. The van der Waals surface area contributed by atoms with Gasteiger partial charge in [-0.2, -0.15) is 13.2 Å². The first-order chi connectivity index (χ1) is 13.7. The minimum Gasteiger partial charge on any atom is -0.298 e. The van der Waals surface area contributed by atoms with E-state index in [-0.39, 0.29) is 18.5 Å². The van der Waals surface area contributed by atoms with Gasteiger partial charge in [0, 0.05) is 23.7 Å². The van der Waals surface area contributed by atoms with Crippen molar-refractivity contribution in [2.75, 3.05) is 13.1 Å². The highest BCUT2D eigenvalue weighted by Crippen LogP contribution is 2.46. The molecule has 1 unspecified atom stereocenters. The summed E-state index contributed by atoms with van der Waals surface area (Å²) in [5, 5.41) is 0.408. The first kappa shape index (κ1) is 21.1. The zero-order valence-electron chi connectivity index (χ0n) is 15.3. The van der Waals surface area contributed by atoms with Crippen molar-refractivity contribution >= 4 is 23.4 Å². The minimum absolute atomic E-state index is 0.118. The van der Waals surface area contributed by atoms with Crippen molar-refractivity contribution < 1.29 is 22.8 Å². The van der Waals surface area contributed by atoms with Gasteiger partial charge in [0.15, 0.2) is 5.41 Å². The lowest BCUT2D eigenvalue weighted by Gasteiger charge is -2.30. The predicted octanol–water partition coefficient (Wildman–Crippen LogP) is 3.56. The van der Waals surface area contributed by atoms with Gasteiger partial charge in [0.1, 0.15) is 0 Å². The third-order valence-electron chi connectivity index (χ3n) is 4.97. The number of rotatable bonds is 4.